The summed E-state index contributed by atoms with van der Waals surface area (Å²) in [5, 5.41) is 0. The second-order valence-corrected chi connectivity index (χ2v) is 5.17. The third-order valence-corrected chi connectivity index (χ3v) is 3.14. The molecule has 0 amide bonds. The van der Waals surface area contributed by atoms with Gasteiger partial charge in [-0.05, 0) is 11.8 Å². The summed E-state index contributed by atoms with van der Waals surface area (Å²) in [7, 11) is 0. The van der Waals surface area contributed by atoms with Crippen molar-refractivity contribution in [1.82, 2.24) is 0 Å². The van der Waals surface area contributed by atoms with Crippen LogP contribution >= 0.6 is 0 Å². The van der Waals surface area contributed by atoms with Gasteiger partial charge in [0.05, 0.1) is 5.78 Å². The molecule has 0 aromatic carbocycles. The number of rotatable bonds is 4. The SMILES string of the molecule is CC1=C(C(=O)C(C)C)C(C(=O)C(C)C)C[CH-]1.[W]. The van der Waals surface area contributed by atoms with Crippen LogP contribution in [-0.2, 0) is 30.7 Å². The molecule has 0 radical (unpaired) electrons. The van der Waals surface area contributed by atoms with E-state index in [0.29, 0.717) is 6.42 Å². The topological polar surface area (TPSA) is 34.1 Å². The van der Waals surface area contributed by atoms with Gasteiger partial charge in [-0.3, -0.25) is 0 Å². The fraction of sp³-hybridized carbons (Fsp3) is 0.643. The fourth-order valence-corrected chi connectivity index (χ4v) is 2.14. The minimum atomic E-state index is -0.185. The van der Waals surface area contributed by atoms with Gasteiger partial charge >= 0.3 is 0 Å². The average Bonchev–Trinajstić information content (AvgIpc) is 2.57. The fourth-order valence-electron chi connectivity index (χ4n) is 2.14. The van der Waals surface area contributed by atoms with Gasteiger partial charge in [-0.2, -0.15) is 0 Å². The number of carbonyl (C=O) groups excluding carboxylic acids is 2. The molecule has 17 heavy (non-hydrogen) atoms. The van der Waals surface area contributed by atoms with E-state index in [2.05, 4.69) is 0 Å². The Morgan fingerprint density at radius 1 is 1.18 bits per heavy atom. The zero-order chi connectivity index (χ0) is 12.5. The van der Waals surface area contributed by atoms with Gasteiger partial charge in [0.2, 0.25) is 0 Å². The Labute approximate surface area is 118 Å². The smallest absolute Gasteiger partial charge is 0.125 e. The first-order valence-corrected chi connectivity index (χ1v) is 5.98. The monoisotopic (exact) mass is 405 g/mol. The Morgan fingerprint density at radius 2 is 1.71 bits per heavy atom. The third kappa shape index (κ3) is 3.55. The van der Waals surface area contributed by atoms with E-state index in [0.717, 1.165) is 11.1 Å². The molecule has 0 bridgehead atoms. The maximum atomic E-state index is 12.1. The van der Waals surface area contributed by atoms with E-state index in [1.165, 1.54) is 0 Å². The standard InChI is InChI=1S/C14H21O2.W/c1-8(2)13(15)11-7-6-10(5)12(11)14(16)9(3)4;/h6,8-9,11H,7H2,1-5H3;/q-1;. The van der Waals surface area contributed by atoms with Crippen LogP contribution in [0.25, 0.3) is 0 Å². The van der Waals surface area contributed by atoms with Crippen LogP contribution < -0.4 is 0 Å². The van der Waals surface area contributed by atoms with Crippen LogP contribution in [0.3, 0.4) is 0 Å². The second-order valence-electron chi connectivity index (χ2n) is 5.17. The summed E-state index contributed by atoms with van der Waals surface area (Å²) >= 11 is 0. The molecule has 3 heteroatoms. The predicted octanol–water partition coefficient (Wildman–Crippen LogP) is 2.97. The number of ketones is 2. The summed E-state index contributed by atoms with van der Waals surface area (Å²) in [6.07, 6.45) is 2.72. The molecule has 1 atom stereocenters. The molecule has 0 N–H and O–H groups in total. The van der Waals surface area contributed by atoms with Crippen molar-refractivity contribution in [3.05, 3.63) is 17.6 Å². The van der Waals surface area contributed by atoms with Crippen LogP contribution in [0.4, 0.5) is 0 Å². The van der Waals surface area contributed by atoms with Crippen molar-refractivity contribution in [3.8, 4) is 0 Å². The van der Waals surface area contributed by atoms with E-state index < -0.39 is 0 Å². The van der Waals surface area contributed by atoms with Crippen molar-refractivity contribution in [1.29, 1.82) is 0 Å². The van der Waals surface area contributed by atoms with Crippen molar-refractivity contribution in [2.45, 2.75) is 41.0 Å². The van der Waals surface area contributed by atoms with Crippen LogP contribution in [0.2, 0.25) is 0 Å². The second kappa shape index (κ2) is 6.54. The van der Waals surface area contributed by atoms with Gasteiger partial charge in [-0.15, -0.1) is 12.0 Å². The Balaban J connectivity index is 0.00000256. The third-order valence-electron chi connectivity index (χ3n) is 3.14. The van der Waals surface area contributed by atoms with E-state index in [-0.39, 0.29) is 50.4 Å². The molecule has 0 heterocycles. The van der Waals surface area contributed by atoms with Crippen molar-refractivity contribution < 1.29 is 30.7 Å². The molecule has 96 valence electrons. The zero-order valence-electron chi connectivity index (χ0n) is 11.2. The van der Waals surface area contributed by atoms with E-state index in [1.807, 2.05) is 41.0 Å². The Morgan fingerprint density at radius 3 is 2.12 bits per heavy atom. The van der Waals surface area contributed by atoms with Gasteiger partial charge in [-0.1, -0.05) is 34.6 Å². The molecular formula is C14H21O2W-. The number of hydrogen-bond donors (Lipinski definition) is 0. The molecule has 2 nitrogen and oxygen atoms in total. The van der Waals surface area contributed by atoms with Gasteiger partial charge in [-0.25, -0.2) is 12.0 Å². The first-order chi connectivity index (χ1) is 7.36. The van der Waals surface area contributed by atoms with E-state index in [4.69, 9.17) is 0 Å². The van der Waals surface area contributed by atoms with Crippen LogP contribution in [-0.4, -0.2) is 11.6 Å². The molecule has 1 unspecified atom stereocenters. The quantitative estimate of drug-likeness (QED) is 0.675. The Hall–Kier alpha value is -0.362. The average molecular weight is 405 g/mol. The molecule has 0 saturated carbocycles. The molecule has 1 aliphatic rings. The summed E-state index contributed by atoms with van der Waals surface area (Å²) in [6.45, 7) is 9.50. The summed E-state index contributed by atoms with van der Waals surface area (Å²) in [6, 6.07) is 0. The normalized spacial score (nSPS) is 19.4. The number of Topliss-reactive ketones (excluding diaryl/α,β-unsaturated/α-hetero) is 2. The number of carbonyl (C=O) groups is 2. The molecule has 1 aliphatic carbocycles. The van der Waals surface area contributed by atoms with E-state index >= 15 is 0 Å². The summed E-state index contributed by atoms with van der Waals surface area (Å²) in [5.41, 5.74) is 1.76. The Bertz CT molecular complexity index is 340. The molecule has 0 aromatic heterocycles. The summed E-state index contributed by atoms with van der Waals surface area (Å²) in [4.78, 5) is 24.1. The predicted molar refractivity (Wildman–Crippen MR) is 64.8 cm³/mol. The van der Waals surface area contributed by atoms with Gasteiger partial charge < -0.3 is 9.59 Å². The molecule has 1 rings (SSSR count). The molecular weight excluding hydrogens is 384 g/mol. The van der Waals surface area contributed by atoms with Crippen molar-refractivity contribution in [2.24, 2.45) is 17.8 Å². The summed E-state index contributed by atoms with van der Waals surface area (Å²) in [5.74, 6) is 0.107. The molecule has 0 aliphatic heterocycles. The van der Waals surface area contributed by atoms with Gasteiger partial charge in [0, 0.05) is 27.0 Å². The zero-order valence-corrected chi connectivity index (χ0v) is 14.2. The minimum Gasteiger partial charge on any atom is -0.315 e. The van der Waals surface area contributed by atoms with Crippen LogP contribution in [0.1, 0.15) is 41.0 Å². The summed E-state index contributed by atoms with van der Waals surface area (Å²) < 4.78 is 0. The first-order valence-electron chi connectivity index (χ1n) is 5.98. The van der Waals surface area contributed by atoms with Crippen molar-refractivity contribution >= 4 is 11.6 Å². The molecule has 0 saturated heterocycles. The van der Waals surface area contributed by atoms with Gasteiger partial charge in [0.15, 0.2) is 0 Å². The maximum Gasteiger partial charge on any atom is 0.125 e. The van der Waals surface area contributed by atoms with Gasteiger partial charge in [0.1, 0.15) is 5.78 Å². The van der Waals surface area contributed by atoms with Crippen LogP contribution in [0.5, 0.6) is 0 Å². The Kier molecular flexibility index (Phi) is 6.40. The molecule has 0 spiro atoms. The van der Waals surface area contributed by atoms with E-state index in [9.17, 15) is 9.59 Å². The maximum absolute atomic E-state index is 12.1. The molecule has 0 aromatic rings. The minimum absolute atomic E-state index is 0. The van der Waals surface area contributed by atoms with Gasteiger partial charge in [0.25, 0.3) is 0 Å². The molecule has 0 fully saturated rings. The van der Waals surface area contributed by atoms with Crippen molar-refractivity contribution in [3.63, 3.8) is 0 Å². The largest absolute Gasteiger partial charge is 0.315 e. The number of allylic oxidation sites excluding steroid dienone is 2. The van der Waals surface area contributed by atoms with E-state index in [1.54, 1.807) is 0 Å². The first kappa shape index (κ1) is 16.6. The van der Waals surface area contributed by atoms with Crippen molar-refractivity contribution in [2.75, 3.05) is 0 Å². The number of hydrogen-bond acceptors (Lipinski definition) is 2. The van der Waals surface area contributed by atoms with Crippen LogP contribution in [0, 0.1) is 24.2 Å². The van der Waals surface area contributed by atoms with Crippen LogP contribution in [0.15, 0.2) is 11.1 Å².